The van der Waals surface area contributed by atoms with Crippen LogP contribution in [0.2, 0.25) is 0 Å². The van der Waals surface area contributed by atoms with Crippen LogP contribution in [0.5, 0.6) is 0 Å². The minimum atomic E-state index is 0. The van der Waals surface area contributed by atoms with Gasteiger partial charge in [-0.15, -0.1) is 5.10 Å². The van der Waals surface area contributed by atoms with Crippen molar-refractivity contribution in [3.8, 4) is 5.69 Å². The molecule has 0 spiro atoms. The monoisotopic (exact) mass is 420 g/mol. The first-order chi connectivity index (χ1) is 15.2. The normalized spacial score (nSPS) is 20.0. The second-order valence-electron chi connectivity index (χ2n) is 8.42. The van der Waals surface area contributed by atoms with Gasteiger partial charge in [-0.05, 0) is 55.7 Å². The summed E-state index contributed by atoms with van der Waals surface area (Å²) >= 11 is 0. The number of benzene rings is 2. The average molecular weight is 421 g/mol. The molecule has 3 heterocycles. The first-order valence-electron chi connectivity index (χ1n) is 11.2. The molecular formula is C24H32N6O. The fourth-order valence-corrected chi connectivity index (χ4v) is 4.53. The number of ether oxygens (including phenoxy) is 1. The summed E-state index contributed by atoms with van der Waals surface area (Å²) < 4.78 is 7.47. The van der Waals surface area contributed by atoms with Crippen LogP contribution >= 0.6 is 0 Å². The number of aromatic nitrogens is 3. The second-order valence-corrected chi connectivity index (χ2v) is 8.42. The summed E-state index contributed by atoms with van der Waals surface area (Å²) in [6.07, 6.45) is 4.19. The van der Waals surface area contributed by atoms with Gasteiger partial charge in [0.1, 0.15) is 6.33 Å². The van der Waals surface area contributed by atoms with Gasteiger partial charge in [0.25, 0.3) is 0 Å². The largest absolute Gasteiger partial charge is 0.380 e. The highest BCUT2D eigenvalue weighted by atomic mass is 16.5. The number of anilines is 3. The van der Waals surface area contributed by atoms with Gasteiger partial charge in [0.2, 0.25) is 5.95 Å². The molecular weight excluding hydrogens is 388 g/mol. The number of hydrogen-bond donors (Lipinski definition) is 1. The van der Waals surface area contributed by atoms with Crippen molar-refractivity contribution in [1.82, 2.24) is 19.7 Å². The summed E-state index contributed by atoms with van der Waals surface area (Å²) in [6.45, 7) is 8.22. The summed E-state index contributed by atoms with van der Waals surface area (Å²) in [5.41, 5.74) is 4.49. The molecule has 0 radical (unpaired) electrons. The lowest BCUT2D eigenvalue weighted by Crippen LogP contribution is -2.52. The maximum absolute atomic E-state index is 5.69. The Morgan fingerprint density at radius 3 is 2.65 bits per heavy atom. The van der Waals surface area contributed by atoms with E-state index in [0.29, 0.717) is 12.0 Å². The summed E-state index contributed by atoms with van der Waals surface area (Å²) in [6, 6.07) is 17.2. The Morgan fingerprint density at radius 2 is 1.87 bits per heavy atom. The van der Waals surface area contributed by atoms with Gasteiger partial charge in [0, 0.05) is 51.6 Å². The van der Waals surface area contributed by atoms with E-state index in [1.165, 1.54) is 24.1 Å². The van der Waals surface area contributed by atoms with Crippen molar-refractivity contribution in [3.05, 3.63) is 60.4 Å². The predicted octanol–water partition coefficient (Wildman–Crippen LogP) is 3.87. The molecule has 5 rings (SSSR count). The Hall–Kier alpha value is -2.90. The summed E-state index contributed by atoms with van der Waals surface area (Å²) in [7, 11) is 0. The van der Waals surface area contributed by atoms with Gasteiger partial charge in [-0.25, -0.2) is 4.68 Å². The highest BCUT2D eigenvalue weighted by Crippen LogP contribution is 2.26. The molecule has 2 aliphatic heterocycles. The zero-order valence-electron chi connectivity index (χ0n) is 18.1. The zero-order chi connectivity index (χ0) is 21.0. The Labute approximate surface area is 185 Å². The van der Waals surface area contributed by atoms with E-state index < -0.39 is 0 Å². The molecule has 2 aromatic carbocycles. The highest BCUT2D eigenvalue weighted by Gasteiger charge is 2.25. The Kier molecular flexibility index (Phi) is 5.86. The molecule has 3 aromatic rings. The van der Waals surface area contributed by atoms with Gasteiger partial charge in [-0.1, -0.05) is 18.2 Å². The Bertz CT molecular complexity index is 997. The first kappa shape index (κ1) is 20.0. The summed E-state index contributed by atoms with van der Waals surface area (Å²) in [5, 5.41) is 7.95. The maximum Gasteiger partial charge on any atom is 0.246 e. The lowest BCUT2D eigenvalue weighted by Gasteiger charge is -2.41. The molecule has 1 atom stereocenters. The molecule has 1 N–H and O–H groups in total. The lowest BCUT2D eigenvalue weighted by atomic mass is 10.1. The van der Waals surface area contributed by atoms with Crippen molar-refractivity contribution in [2.75, 3.05) is 49.6 Å². The standard InChI is InChI=1S/C24H30N6O.H2/c1-19-14-20(26-24-25-18-30(27-24)21-6-3-2-4-7-21)16-23(15-19)29-11-9-28(10-12-29)22-8-5-13-31-17-22;/h2-4,6-7,14-16,18,22H,5,8-13,17H2,1H3,(H,26,27);1H. The minimum Gasteiger partial charge on any atom is -0.380 e. The molecule has 164 valence electrons. The SMILES string of the molecule is Cc1cc(Nc2ncn(-c3ccccc3)n2)cc(N2CCN(C3CCCOC3)CC2)c1.[HH]. The molecule has 0 amide bonds. The molecule has 1 unspecified atom stereocenters. The number of hydrogen-bond acceptors (Lipinski definition) is 6. The van der Waals surface area contributed by atoms with Gasteiger partial charge in [-0.3, -0.25) is 4.90 Å². The van der Waals surface area contributed by atoms with Crippen LogP contribution < -0.4 is 10.2 Å². The van der Waals surface area contributed by atoms with Gasteiger partial charge in [-0.2, -0.15) is 4.98 Å². The average Bonchev–Trinajstić information content (AvgIpc) is 3.28. The van der Waals surface area contributed by atoms with Gasteiger partial charge in [0.15, 0.2) is 0 Å². The Morgan fingerprint density at radius 1 is 1.03 bits per heavy atom. The third-order valence-electron chi connectivity index (χ3n) is 6.16. The fourth-order valence-electron chi connectivity index (χ4n) is 4.53. The van der Waals surface area contributed by atoms with E-state index in [1.54, 1.807) is 11.0 Å². The molecule has 0 aliphatic carbocycles. The summed E-state index contributed by atoms with van der Waals surface area (Å²) in [4.78, 5) is 9.51. The van der Waals surface area contributed by atoms with Crippen molar-refractivity contribution in [1.29, 1.82) is 0 Å². The summed E-state index contributed by atoms with van der Waals surface area (Å²) in [5.74, 6) is 0.600. The molecule has 7 nitrogen and oxygen atoms in total. The van der Waals surface area contributed by atoms with E-state index >= 15 is 0 Å². The number of para-hydroxylation sites is 1. The molecule has 0 saturated carbocycles. The quantitative estimate of drug-likeness (QED) is 0.676. The molecule has 2 saturated heterocycles. The van der Waals surface area contributed by atoms with Crippen LogP contribution in [0, 0.1) is 6.92 Å². The van der Waals surface area contributed by atoms with Gasteiger partial charge in [0.05, 0.1) is 12.3 Å². The van der Waals surface area contributed by atoms with Crippen molar-refractivity contribution in [3.63, 3.8) is 0 Å². The van der Waals surface area contributed by atoms with Crippen molar-refractivity contribution in [2.45, 2.75) is 25.8 Å². The zero-order valence-corrected chi connectivity index (χ0v) is 18.1. The van der Waals surface area contributed by atoms with E-state index in [2.05, 4.69) is 50.3 Å². The highest BCUT2D eigenvalue weighted by molar-refractivity contribution is 5.64. The number of piperazine rings is 1. The molecule has 31 heavy (non-hydrogen) atoms. The van der Waals surface area contributed by atoms with Crippen LogP contribution in [0.15, 0.2) is 54.9 Å². The number of nitrogens with zero attached hydrogens (tertiary/aromatic N) is 5. The van der Waals surface area contributed by atoms with Crippen molar-refractivity contribution in [2.24, 2.45) is 0 Å². The fraction of sp³-hybridized carbons (Fsp3) is 0.417. The molecule has 2 aliphatic rings. The van der Waals surface area contributed by atoms with Gasteiger partial charge >= 0.3 is 0 Å². The van der Waals surface area contributed by atoms with E-state index in [1.807, 2.05) is 30.3 Å². The van der Waals surface area contributed by atoms with Crippen LogP contribution in [-0.2, 0) is 4.74 Å². The van der Waals surface area contributed by atoms with Crippen LogP contribution in [0.25, 0.3) is 5.69 Å². The number of aryl methyl sites for hydroxylation is 1. The van der Waals surface area contributed by atoms with Crippen LogP contribution in [0.3, 0.4) is 0 Å². The number of nitrogens with one attached hydrogen (secondary N) is 1. The van der Waals surface area contributed by atoms with E-state index in [0.717, 1.165) is 50.8 Å². The maximum atomic E-state index is 5.69. The van der Waals surface area contributed by atoms with Crippen molar-refractivity contribution < 1.29 is 6.16 Å². The van der Waals surface area contributed by atoms with E-state index in [-0.39, 0.29) is 1.43 Å². The third-order valence-corrected chi connectivity index (χ3v) is 6.16. The van der Waals surface area contributed by atoms with Crippen LogP contribution in [0.4, 0.5) is 17.3 Å². The van der Waals surface area contributed by atoms with Gasteiger partial charge < -0.3 is 15.0 Å². The first-order valence-corrected chi connectivity index (χ1v) is 11.2. The predicted molar refractivity (Wildman–Crippen MR) is 126 cm³/mol. The third kappa shape index (κ3) is 4.73. The lowest BCUT2D eigenvalue weighted by molar-refractivity contribution is 0.0159. The minimum absolute atomic E-state index is 0. The van der Waals surface area contributed by atoms with Crippen molar-refractivity contribution >= 4 is 17.3 Å². The molecule has 1 aromatic heterocycles. The molecule has 7 heteroatoms. The molecule has 2 fully saturated rings. The molecule has 0 bridgehead atoms. The van der Waals surface area contributed by atoms with Crippen LogP contribution in [0.1, 0.15) is 19.8 Å². The second kappa shape index (κ2) is 9.08. The topological polar surface area (TPSA) is 58.5 Å². The number of rotatable bonds is 5. The van der Waals surface area contributed by atoms with Crippen LogP contribution in [-0.4, -0.2) is 65.1 Å². The van der Waals surface area contributed by atoms with E-state index in [4.69, 9.17) is 4.74 Å². The van der Waals surface area contributed by atoms with E-state index in [9.17, 15) is 0 Å². The smallest absolute Gasteiger partial charge is 0.246 e. The Balaban J connectivity index is 0.00000245.